The molecule has 0 aliphatic carbocycles. The van der Waals surface area contributed by atoms with E-state index in [1.807, 2.05) is 0 Å². The summed E-state index contributed by atoms with van der Waals surface area (Å²) in [6, 6.07) is -0.00902. The van der Waals surface area contributed by atoms with Gasteiger partial charge in [-0.1, -0.05) is 6.08 Å². The van der Waals surface area contributed by atoms with Crippen molar-refractivity contribution < 1.29 is 4.79 Å². The van der Waals surface area contributed by atoms with Crippen molar-refractivity contribution in [3.63, 3.8) is 0 Å². The van der Waals surface area contributed by atoms with Gasteiger partial charge in [0.2, 0.25) is 5.91 Å². The lowest BCUT2D eigenvalue weighted by molar-refractivity contribution is -0.119. The van der Waals surface area contributed by atoms with Gasteiger partial charge in [-0.3, -0.25) is 9.59 Å². The number of amides is 1. The summed E-state index contributed by atoms with van der Waals surface area (Å²) in [7, 11) is 0. The number of rotatable bonds is 4. The third kappa shape index (κ3) is 2.61. The number of nitrogens with one attached hydrogen (secondary N) is 2. The Morgan fingerprint density at radius 3 is 3.06 bits per heavy atom. The van der Waals surface area contributed by atoms with Gasteiger partial charge in [0.15, 0.2) is 0 Å². The van der Waals surface area contributed by atoms with Crippen molar-refractivity contribution in [2.24, 2.45) is 0 Å². The molecule has 1 aromatic rings. The largest absolute Gasteiger partial charge is 0.378 e. The van der Waals surface area contributed by atoms with Crippen LogP contribution in [0.4, 0.5) is 5.69 Å². The topological polar surface area (TPSA) is 76.0 Å². The Hall–Kier alpha value is -1.63. The van der Waals surface area contributed by atoms with E-state index in [0.29, 0.717) is 29.7 Å². The molecule has 6 nitrogen and oxygen atoms in total. The van der Waals surface area contributed by atoms with Crippen molar-refractivity contribution in [3.8, 4) is 0 Å². The van der Waals surface area contributed by atoms with Crippen LogP contribution in [0.15, 0.2) is 28.1 Å². The summed E-state index contributed by atoms with van der Waals surface area (Å²) < 4.78 is 1.72. The Kier molecular flexibility index (Phi) is 3.81. The number of anilines is 1. The van der Waals surface area contributed by atoms with E-state index in [1.54, 1.807) is 12.3 Å². The minimum atomic E-state index is -0.225. The Morgan fingerprint density at radius 1 is 1.67 bits per heavy atom. The maximum Gasteiger partial charge on any atom is 0.283 e. The zero-order chi connectivity index (χ0) is 13.1. The first-order valence-electron chi connectivity index (χ1n) is 5.51. The van der Waals surface area contributed by atoms with Crippen molar-refractivity contribution in [1.82, 2.24) is 15.1 Å². The van der Waals surface area contributed by atoms with Gasteiger partial charge in [0.1, 0.15) is 4.47 Å². The number of carbonyl (C=O) groups is 1. The van der Waals surface area contributed by atoms with Gasteiger partial charge in [0, 0.05) is 13.0 Å². The van der Waals surface area contributed by atoms with Crippen molar-refractivity contribution in [2.45, 2.75) is 19.0 Å². The zero-order valence-electron chi connectivity index (χ0n) is 9.65. The summed E-state index contributed by atoms with van der Waals surface area (Å²) in [4.78, 5) is 23.0. The van der Waals surface area contributed by atoms with Crippen molar-refractivity contribution in [2.75, 3.05) is 11.9 Å². The minimum Gasteiger partial charge on any atom is -0.378 e. The van der Waals surface area contributed by atoms with Gasteiger partial charge >= 0.3 is 0 Å². The molecule has 1 aliphatic rings. The highest BCUT2D eigenvalue weighted by Crippen LogP contribution is 2.18. The van der Waals surface area contributed by atoms with Crippen LogP contribution in [-0.2, 0) is 11.3 Å². The smallest absolute Gasteiger partial charge is 0.283 e. The second kappa shape index (κ2) is 5.34. The molecule has 0 bridgehead atoms. The fourth-order valence-electron chi connectivity index (χ4n) is 1.75. The van der Waals surface area contributed by atoms with E-state index in [1.165, 1.54) is 4.68 Å². The first-order valence-corrected chi connectivity index (χ1v) is 6.31. The SMILES string of the molecule is C=CCn1ncc(NC2CNC(=O)C2)c(Br)c1=O. The average molecular weight is 313 g/mol. The van der Waals surface area contributed by atoms with Gasteiger partial charge in [-0.15, -0.1) is 6.58 Å². The lowest BCUT2D eigenvalue weighted by Gasteiger charge is -2.13. The highest BCUT2D eigenvalue weighted by Gasteiger charge is 2.22. The maximum absolute atomic E-state index is 11.9. The normalized spacial score (nSPS) is 18.5. The summed E-state index contributed by atoms with van der Waals surface area (Å²) in [6.07, 6.45) is 3.58. The summed E-state index contributed by atoms with van der Waals surface area (Å²) in [5.41, 5.74) is 0.374. The number of carbonyl (C=O) groups excluding carboxylic acids is 1. The molecule has 1 aromatic heterocycles. The highest BCUT2D eigenvalue weighted by molar-refractivity contribution is 9.10. The monoisotopic (exact) mass is 312 g/mol. The van der Waals surface area contributed by atoms with Crippen molar-refractivity contribution in [3.05, 3.63) is 33.7 Å². The summed E-state index contributed by atoms with van der Waals surface area (Å²) in [5, 5.41) is 9.86. The van der Waals surface area contributed by atoms with Crippen LogP contribution in [0.2, 0.25) is 0 Å². The third-order valence-electron chi connectivity index (χ3n) is 2.62. The molecule has 1 amide bonds. The molecule has 0 aromatic carbocycles. The number of hydrogen-bond donors (Lipinski definition) is 2. The second-order valence-electron chi connectivity index (χ2n) is 4.00. The Balaban J connectivity index is 2.19. The lowest BCUT2D eigenvalue weighted by atomic mass is 10.2. The molecule has 1 fully saturated rings. The van der Waals surface area contributed by atoms with E-state index >= 15 is 0 Å². The van der Waals surface area contributed by atoms with E-state index in [2.05, 4.69) is 38.2 Å². The van der Waals surface area contributed by atoms with Crippen LogP contribution >= 0.6 is 15.9 Å². The third-order valence-corrected chi connectivity index (χ3v) is 3.39. The summed E-state index contributed by atoms with van der Waals surface area (Å²) in [5.74, 6) is 0.0107. The molecule has 1 atom stereocenters. The zero-order valence-corrected chi connectivity index (χ0v) is 11.2. The van der Waals surface area contributed by atoms with E-state index in [-0.39, 0.29) is 17.5 Å². The molecular formula is C11H13BrN4O2. The first-order chi connectivity index (χ1) is 8.61. The van der Waals surface area contributed by atoms with Crippen LogP contribution < -0.4 is 16.2 Å². The molecule has 2 heterocycles. The Morgan fingerprint density at radius 2 is 2.44 bits per heavy atom. The van der Waals surface area contributed by atoms with E-state index < -0.39 is 0 Å². The fourth-order valence-corrected chi connectivity index (χ4v) is 2.17. The molecule has 0 spiro atoms. The van der Waals surface area contributed by atoms with Gasteiger partial charge in [0.25, 0.3) is 5.56 Å². The molecule has 2 rings (SSSR count). The van der Waals surface area contributed by atoms with Crippen molar-refractivity contribution >= 4 is 27.5 Å². The molecule has 2 N–H and O–H groups in total. The van der Waals surface area contributed by atoms with Gasteiger partial charge in [0.05, 0.1) is 24.5 Å². The van der Waals surface area contributed by atoms with E-state index in [4.69, 9.17) is 0 Å². The highest BCUT2D eigenvalue weighted by atomic mass is 79.9. The Labute approximate surface area is 112 Å². The summed E-state index contributed by atoms with van der Waals surface area (Å²) in [6.45, 7) is 4.48. The first kappa shape index (κ1) is 12.8. The maximum atomic E-state index is 11.9. The van der Waals surface area contributed by atoms with Gasteiger partial charge < -0.3 is 10.6 Å². The average Bonchev–Trinajstić information content (AvgIpc) is 2.75. The number of halogens is 1. The standard InChI is InChI=1S/C11H13BrN4O2/c1-2-3-16-11(18)10(12)8(6-14-16)15-7-4-9(17)13-5-7/h2,6-7,15H,1,3-5H2,(H,13,17). The van der Waals surface area contributed by atoms with Crippen LogP contribution in [0.5, 0.6) is 0 Å². The molecule has 1 saturated heterocycles. The number of hydrogen-bond acceptors (Lipinski definition) is 4. The predicted molar refractivity (Wildman–Crippen MR) is 71.4 cm³/mol. The molecular weight excluding hydrogens is 300 g/mol. The van der Waals surface area contributed by atoms with Crippen molar-refractivity contribution in [1.29, 1.82) is 0 Å². The van der Waals surface area contributed by atoms with Crippen LogP contribution in [-0.4, -0.2) is 28.3 Å². The van der Waals surface area contributed by atoms with E-state index in [0.717, 1.165) is 0 Å². The van der Waals surface area contributed by atoms with E-state index in [9.17, 15) is 9.59 Å². The van der Waals surface area contributed by atoms with Crippen LogP contribution in [0.25, 0.3) is 0 Å². The number of nitrogens with zero attached hydrogens (tertiary/aromatic N) is 2. The lowest BCUT2D eigenvalue weighted by Crippen LogP contribution is -2.27. The molecule has 0 radical (unpaired) electrons. The molecule has 0 saturated carbocycles. The summed E-state index contributed by atoms with van der Waals surface area (Å²) >= 11 is 3.25. The molecule has 96 valence electrons. The number of allylic oxidation sites excluding steroid dienone is 1. The van der Waals surface area contributed by atoms with Crippen LogP contribution in [0, 0.1) is 0 Å². The fraction of sp³-hybridized carbons (Fsp3) is 0.364. The second-order valence-corrected chi connectivity index (χ2v) is 4.79. The van der Waals surface area contributed by atoms with Gasteiger partial charge in [-0.05, 0) is 15.9 Å². The molecule has 18 heavy (non-hydrogen) atoms. The van der Waals surface area contributed by atoms with Crippen LogP contribution in [0.3, 0.4) is 0 Å². The molecule has 1 aliphatic heterocycles. The predicted octanol–water partition coefficient (Wildman–Crippen LogP) is 0.492. The quantitative estimate of drug-likeness (QED) is 0.794. The Bertz CT molecular complexity index is 540. The number of aromatic nitrogens is 2. The molecule has 1 unspecified atom stereocenters. The van der Waals surface area contributed by atoms with Gasteiger partial charge in [-0.25, -0.2) is 4.68 Å². The molecule has 7 heteroatoms. The van der Waals surface area contributed by atoms with Crippen LogP contribution in [0.1, 0.15) is 6.42 Å². The van der Waals surface area contributed by atoms with Gasteiger partial charge in [-0.2, -0.15) is 5.10 Å². The minimum absolute atomic E-state index is 0.00902.